The van der Waals surface area contributed by atoms with Crippen molar-refractivity contribution in [3.63, 3.8) is 0 Å². The van der Waals surface area contributed by atoms with Gasteiger partial charge < -0.3 is 4.90 Å². The molecule has 1 heteroatoms. The third-order valence-corrected chi connectivity index (χ3v) is 2.39. The molecule has 1 aliphatic carbocycles. The van der Waals surface area contributed by atoms with Gasteiger partial charge in [-0.25, -0.2) is 0 Å². The zero-order valence-corrected chi connectivity index (χ0v) is 6.88. The molecule has 0 aromatic heterocycles. The fourth-order valence-electron chi connectivity index (χ4n) is 1.71. The van der Waals surface area contributed by atoms with Gasteiger partial charge in [0.15, 0.2) is 0 Å². The first-order valence-corrected chi connectivity index (χ1v) is 4.14. The van der Waals surface area contributed by atoms with E-state index >= 15 is 0 Å². The molecule has 0 N–H and O–H groups in total. The molecule has 0 aromatic rings. The van der Waals surface area contributed by atoms with E-state index in [0.29, 0.717) is 0 Å². The minimum atomic E-state index is 1.15. The summed E-state index contributed by atoms with van der Waals surface area (Å²) in [7, 11) is 2.16. The number of hydrogen-bond acceptors (Lipinski definition) is 1. The summed E-state index contributed by atoms with van der Waals surface area (Å²) < 4.78 is 0. The third kappa shape index (κ3) is 1.11. The number of nitrogens with zero attached hydrogens (tertiary/aromatic N) is 1. The van der Waals surface area contributed by atoms with Crippen LogP contribution in [0.25, 0.3) is 0 Å². The number of hydrogen-bond donors (Lipinski definition) is 0. The quantitative estimate of drug-likeness (QED) is 0.507. The van der Waals surface area contributed by atoms with Crippen LogP contribution in [0.2, 0.25) is 0 Å². The Hall–Kier alpha value is -0.980. The van der Waals surface area contributed by atoms with Crippen molar-refractivity contribution in [3.05, 3.63) is 35.6 Å². The second-order valence-electron chi connectivity index (χ2n) is 3.15. The summed E-state index contributed by atoms with van der Waals surface area (Å²) in [4.78, 5) is 2.33. The van der Waals surface area contributed by atoms with Gasteiger partial charge in [0.1, 0.15) is 0 Å². The lowest BCUT2D eigenvalue weighted by molar-refractivity contribution is 0.472. The second-order valence-corrected chi connectivity index (χ2v) is 3.15. The molecule has 0 saturated carbocycles. The molecule has 0 radical (unpaired) electrons. The zero-order chi connectivity index (χ0) is 7.68. The van der Waals surface area contributed by atoms with Crippen molar-refractivity contribution in [2.75, 3.05) is 13.6 Å². The van der Waals surface area contributed by atoms with Crippen LogP contribution in [0.15, 0.2) is 35.6 Å². The van der Waals surface area contributed by atoms with Gasteiger partial charge in [0.05, 0.1) is 0 Å². The molecule has 0 fully saturated rings. The lowest BCUT2D eigenvalue weighted by Crippen LogP contribution is -2.11. The van der Waals surface area contributed by atoms with Gasteiger partial charge in [0, 0.05) is 19.3 Å². The van der Waals surface area contributed by atoms with Crippen LogP contribution >= 0.6 is 0 Å². The lowest BCUT2D eigenvalue weighted by Gasteiger charge is -2.12. The minimum Gasteiger partial charge on any atom is -0.374 e. The maximum absolute atomic E-state index is 2.33. The largest absolute Gasteiger partial charge is 0.374 e. The van der Waals surface area contributed by atoms with Crippen molar-refractivity contribution < 1.29 is 0 Å². The van der Waals surface area contributed by atoms with E-state index in [9.17, 15) is 0 Å². The highest BCUT2D eigenvalue weighted by Crippen LogP contribution is 2.26. The van der Waals surface area contributed by atoms with Gasteiger partial charge in [0.2, 0.25) is 0 Å². The van der Waals surface area contributed by atoms with Crippen molar-refractivity contribution in [3.8, 4) is 0 Å². The molecule has 2 aliphatic rings. The van der Waals surface area contributed by atoms with Crippen molar-refractivity contribution in [1.82, 2.24) is 4.90 Å². The number of allylic oxidation sites excluding steroid dienone is 4. The smallest absolute Gasteiger partial charge is 0.0359 e. The predicted octanol–water partition coefficient (Wildman–Crippen LogP) is 2.09. The topological polar surface area (TPSA) is 3.24 Å². The van der Waals surface area contributed by atoms with E-state index in [0.717, 1.165) is 6.42 Å². The monoisotopic (exact) mass is 147 g/mol. The van der Waals surface area contributed by atoms with Gasteiger partial charge in [-0.2, -0.15) is 0 Å². The molecule has 0 amide bonds. The maximum Gasteiger partial charge on any atom is 0.0359 e. The van der Waals surface area contributed by atoms with E-state index in [-0.39, 0.29) is 0 Å². The Morgan fingerprint density at radius 3 is 3.18 bits per heavy atom. The van der Waals surface area contributed by atoms with Crippen LogP contribution in [-0.2, 0) is 0 Å². The van der Waals surface area contributed by atoms with E-state index in [2.05, 4.69) is 36.3 Å². The summed E-state index contributed by atoms with van der Waals surface area (Å²) >= 11 is 0. The third-order valence-electron chi connectivity index (χ3n) is 2.39. The summed E-state index contributed by atoms with van der Waals surface area (Å²) in [6.45, 7) is 1.20. The van der Waals surface area contributed by atoms with Crippen molar-refractivity contribution in [2.24, 2.45) is 0 Å². The molecule has 0 spiro atoms. The van der Waals surface area contributed by atoms with Gasteiger partial charge >= 0.3 is 0 Å². The summed E-state index contributed by atoms with van der Waals surface area (Å²) in [6.07, 6.45) is 11.1. The normalized spacial score (nSPS) is 22.5. The van der Waals surface area contributed by atoms with Crippen LogP contribution in [0.3, 0.4) is 0 Å². The van der Waals surface area contributed by atoms with Gasteiger partial charge in [-0.05, 0) is 24.5 Å². The standard InChI is InChI=1S/C10H13N/c1-11-8-7-9-5-3-2-4-6-10(9)11/h2-4,6H,5,7-8H2,1H3. The molecule has 0 bridgehead atoms. The summed E-state index contributed by atoms with van der Waals surface area (Å²) in [6, 6.07) is 0. The number of rotatable bonds is 0. The Morgan fingerprint density at radius 1 is 1.36 bits per heavy atom. The fraction of sp³-hybridized carbons (Fsp3) is 0.400. The lowest BCUT2D eigenvalue weighted by atomic mass is 10.1. The van der Waals surface area contributed by atoms with Crippen LogP contribution in [0.5, 0.6) is 0 Å². The van der Waals surface area contributed by atoms with Gasteiger partial charge in [-0.15, -0.1) is 0 Å². The van der Waals surface area contributed by atoms with E-state index in [1.165, 1.54) is 18.7 Å². The Bertz CT molecular complexity index is 246. The Morgan fingerprint density at radius 2 is 2.27 bits per heavy atom. The maximum atomic E-state index is 2.33. The minimum absolute atomic E-state index is 1.15. The fourth-order valence-corrected chi connectivity index (χ4v) is 1.71. The van der Waals surface area contributed by atoms with E-state index in [1.54, 1.807) is 5.57 Å². The van der Waals surface area contributed by atoms with Crippen molar-refractivity contribution in [1.29, 1.82) is 0 Å². The number of likely N-dealkylation sites (N-methyl/N-ethyl adjacent to an activating group) is 1. The van der Waals surface area contributed by atoms with Gasteiger partial charge in [-0.3, -0.25) is 0 Å². The SMILES string of the molecule is CN1CCC2=C1C=CC=CC2. The predicted molar refractivity (Wildman–Crippen MR) is 47.2 cm³/mol. The molecule has 11 heavy (non-hydrogen) atoms. The van der Waals surface area contributed by atoms with E-state index in [1.807, 2.05) is 0 Å². The van der Waals surface area contributed by atoms with Crippen molar-refractivity contribution >= 4 is 0 Å². The average molecular weight is 147 g/mol. The Kier molecular flexibility index (Phi) is 1.57. The van der Waals surface area contributed by atoms with Crippen LogP contribution < -0.4 is 0 Å². The van der Waals surface area contributed by atoms with E-state index in [4.69, 9.17) is 0 Å². The summed E-state index contributed by atoms with van der Waals surface area (Å²) in [5, 5.41) is 0. The summed E-state index contributed by atoms with van der Waals surface area (Å²) in [5.41, 5.74) is 3.03. The van der Waals surface area contributed by atoms with Crippen molar-refractivity contribution in [2.45, 2.75) is 12.8 Å². The van der Waals surface area contributed by atoms with Gasteiger partial charge in [0.25, 0.3) is 0 Å². The molecule has 1 nitrogen and oxygen atoms in total. The molecule has 58 valence electrons. The first-order valence-electron chi connectivity index (χ1n) is 4.14. The second kappa shape index (κ2) is 2.57. The first-order chi connectivity index (χ1) is 5.38. The average Bonchev–Trinajstić information content (AvgIpc) is 2.25. The molecular formula is C10H13N. The van der Waals surface area contributed by atoms with Gasteiger partial charge in [-0.1, -0.05) is 18.2 Å². The Balaban J connectivity index is 2.32. The molecule has 1 heterocycles. The molecule has 0 atom stereocenters. The summed E-state index contributed by atoms with van der Waals surface area (Å²) in [5.74, 6) is 0. The molecular weight excluding hydrogens is 134 g/mol. The van der Waals surface area contributed by atoms with Crippen LogP contribution in [0, 0.1) is 0 Å². The molecule has 0 aromatic carbocycles. The molecule has 0 unspecified atom stereocenters. The first kappa shape index (κ1) is 6.71. The van der Waals surface area contributed by atoms with E-state index < -0.39 is 0 Å². The van der Waals surface area contributed by atoms with Crippen LogP contribution in [0.4, 0.5) is 0 Å². The molecule has 0 saturated heterocycles. The molecule has 2 rings (SSSR count). The highest BCUT2D eigenvalue weighted by molar-refractivity contribution is 5.34. The highest BCUT2D eigenvalue weighted by atomic mass is 15.1. The highest BCUT2D eigenvalue weighted by Gasteiger charge is 2.16. The zero-order valence-electron chi connectivity index (χ0n) is 6.88. The Labute approximate surface area is 67.7 Å². The van der Waals surface area contributed by atoms with Crippen LogP contribution in [0.1, 0.15) is 12.8 Å². The molecule has 1 aliphatic heterocycles. The van der Waals surface area contributed by atoms with Crippen LogP contribution in [-0.4, -0.2) is 18.5 Å².